The summed E-state index contributed by atoms with van der Waals surface area (Å²) in [6.07, 6.45) is 12.4. The van der Waals surface area contributed by atoms with Crippen LogP contribution in [0, 0.1) is 0 Å². The number of aromatic nitrogens is 2. The van der Waals surface area contributed by atoms with Gasteiger partial charge in [-0.1, -0.05) is 19.3 Å². The zero-order valence-electron chi connectivity index (χ0n) is 11.6. The molecule has 0 radical (unpaired) electrons. The summed E-state index contributed by atoms with van der Waals surface area (Å²) in [6, 6.07) is 2.92. The van der Waals surface area contributed by atoms with Gasteiger partial charge in [-0.25, -0.2) is 0 Å². The molecule has 3 rings (SSSR count). The molecule has 106 valence electrons. The Morgan fingerprint density at radius 1 is 1.16 bits per heavy atom. The van der Waals surface area contributed by atoms with E-state index in [2.05, 4.69) is 22.0 Å². The average Bonchev–Trinajstić information content (AvgIpc) is 3.06. The van der Waals surface area contributed by atoms with Gasteiger partial charge in [0.2, 0.25) is 0 Å². The zero-order chi connectivity index (χ0) is 13.1. The minimum Gasteiger partial charge on any atom is -0.370 e. The van der Waals surface area contributed by atoms with Crippen LogP contribution in [0.25, 0.3) is 0 Å². The van der Waals surface area contributed by atoms with E-state index in [0.29, 0.717) is 12.6 Å². The van der Waals surface area contributed by atoms with Gasteiger partial charge < -0.3 is 10.5 Å². The van der Waals surface area contributed by atoms with Crippen LogP contribution < -0.4 is 5.73 Å². The monoisotopic (exact) mass is 263 g/mol. The predicted molar refractivity (Wildman–Crippen MR) is 74.8 cm³/mol. The Hall–Kier alpha value is -0.870. The fourth-order valence-corrected chi connectivity index (χ4v) is 3.36. The van der Waals surface area contributed by atoms with Crippen molar-refractivity contribution in [2.75, 3.05) is 0 Å². The number of hydrogen-bond donors (Lipinski definition) is 1. The standard InChI is InChI=1S/C15H25N3O/c16-14-7-4-8-15(14)19-11-12-9-10-18(17-12)13-5-2-1-3-6-13/h9-10,13-15H,1-8,11,16H2. The number of nitrogens with two attached hydrogens (primary N) is 1. The number of rotatable bonds is 4. The van der Waals surface area contributed by atoms with E-state index in [0.717, 1.165) is 18.5 Å². The molecule has 0 amide bonds. The Morgan fingerprint density at radius 3 is 2.74 bits per heavy atom. The quantitative estimate of drug-likeness (QED) is 0.908. The van der Waals surface area contributed by atoms with Crippen molar-refractivity contribution in [3.63, 3.8) is 0 Å². The summed E-state index contributed by atoms with van der Waals surface area (Å²) in [7, 11) is 0. The van der Waals surface area contributed by atoms with Crippen LogP contribution in [0.1, 0.15) is 63.1 Å². The number of hydrogen-bond acceptors (Lipinski definition) is 3. The molecular weight excluding hydrogens is 238 g/mol. The maximum absolute atomic E-state index is 6.01. The van der Waals surface area contributed by atoms with Crippen molar-refractivity contribution in [2.24, 2.45) is 5.73 Å². The molecule has 0 bridgehead atoms. The van der Waals surface area contributed by atoms with Crippen LogP contribution in [0.5, 0.6) is 0 Å². The molecule has 0 aromatic carbocycles. The van der Waals surface area contributed by atoms with E-state index in [9.17, 15) is 0 Å². The van der Waals surface area contributed by atoms with E-state index in [-0.39, 0.29) is 12.1 Å². The summed E-state index contributed by atoms with van der Waals surface area (Å²) in [4.78, 5) is 0. The van der Waals surface area contributed by atoms with Gasteiger partial charge in [0.1, 0.15) is 0 Å². The normalized spacial score (nSPS) is 28.9. The van der Waals surface area contributed by atoms with Crippen LogP contribution >= 0.6 is 0 Å². The highest BCUT2D eigenvalue weighted by Gasteiger charge is 2.24. The van der Waals surface area contributed by atoms with Crippen molar-refractivity contribution >= 4 is 0 Å². The Morgan fingerprint density at radius 2 is 2.00 bits per heavy atom. The molecule has 0 aliphatic heterocycles. The molecule has 2 N–H and O–H groups in total. The lowest BCUT2D eigenvalue weighted by Crippen LogP contribution is -2.31. The van der Waals surface area contributed by atoms with Crippen molar-refractivity contribution in [2.45, 2.75) is 76.2 Å². The lowest BCUT2D eigenvalue weighted by Gasteiger charge is -2.21. The van der Waals surface area contributed by atoms with E-state index in [1.807, 2.05) is 0 Å². The van der Waals surface area contributed by atoms with E-state index in [1.54, 1.807) is 0 Å². The molecule has 2 aliphatic rings. The minimum absolute atomic E-state index is 0.223. The predicted octanol–water partition coefficient (Wildman–Crippen LogP) is 2.78. The number of ether oxygens (including phenoxy) is 1. The third-order valence-electron chi connectivity index (χ3n) is 4.56. The molecule has 2 unspecified atom stereocenters. The Kier molecular flexibility index (Phi) is 4.18. The molecular formula is C15H25N3O. The zero-order valence-corrected chi connectivity index (χ0v) is 11.6. The summed E-state index contributed by atoms with van der Waals surface area (Å²) >= 11 is 0. The molecule has 4 heteroatoms. The van der Waals surface area contributed by atoms with Crippen LogP contribution in [-0.2, 0) is 11.3 Å². The summed E-state index contributed by atoms with van der Waals surface area (Å²) < 4.78 is 8.05. The van der Waals surface area contributed by atoms with Gasteiger partial charge in [0, 0.05) is 12.2 Å². The largest absolute Gasteiger partial charge is 0.370 e. The first-order valence-corrected chi connectivity index (χ1v) is 7.74. The second-order valence-corrected chi connectivity index (χ2v) is 6.02. The van der Waals surface area contributed by atoms with E-state index >= 15 is 0 Å². The van der Waals surface area contributed by atoms with Gasteiger partial charge in [-0.05, 0) is 38.2 Å². The van der Waals surface area contributed by atoms with Gasteiger partial charge in [0.25, 0.3) is 0 Å². The van der Waals surface area contributed by atoms with Gasteiger partial charge in [0.15, 0.2) is 0 Å². The maximum Gasteiger partial charge on any atom is 0.0911 e. The Balaban J connectivity index is 1.52. The summed E-state index contributed by atoms with van der Waals surface area (Å²) in [5.41, 5.74) is 7.06. The van der Waals surface area contributed by atoms with Crippen molar-refractivity contribution in [3.8, 4) is 0 Å². The first-order chi connectivity index (χ1) is 9.33. The first kappa shape index (κ1) is 13.1. The molecule has 2 fully saturated rings. The number of nitrogens with zero attached hydrogens (tertiary/aromatic N) is 2. The summed E-state index contributed by atoms with van der Waals surface area (Å²) in [5.74, 6) is 0. The summed E-state index contributed by atoms with van der Waals surface area (Å²) in [5, 5.41) is 4.67. The molecule has 19 heavy (non-hydrogen) atoms. The lowest BCUT2D eigenvalue weighted by molar-refractivity contribution is 0.0335. The first-order valence-electron chi connectivity index (χ1n) is 7.74. The Labute approximate surface area is 115 Å². The second kappa shape index (κ2) is 6.06. The van der Waals surface area contributed by atoms with E-state index in [1.165, 1.54) is 38.5 Å². The highest BCUT2D eigenvalue weighted by molar-refractivity contribution is 4.99. The third kappa shape index (κ3) is 3.18. The van der Waals surface area contributed by atoms with E-state index < -0.39 is 0 Å². The molecule has 2 aliphatic carbocycles. The Bertz CT molecular complexity index is 398. The maximum atomic E-state index is 6.01. The molecule has 1 aromatic heterocycles. The van der Waals surface area contributed by atoms with Crippen molar-refractivity contribution < 1.29 is 4.74 Å². The molecule has 1 heterocycles. The molecule has 4 nitrogen and oxygen atoms in total. The van der Waals surface area contributed by atoms with Crippen LogP contribution in [0.4, 0.5) is 0 Å². The van der Waals surface area contributed by atoms with Crippen LogP contribution in [-0.4, -0.2) is 21.9 Å². The van der Waals surface area contributed by atoms with Crippen LogP contribution in [0.2, 0.25) is 0 Å². The van der Waals surface area contributed by atoms with Gasteiger partial charge in [-0.3, -0.25) is 4.68 Å². The molecule has 1 aromatic rings. The van der Waals surface area contributed by atoms with E-state index in [4.69, 9.17) is 10.5 Å². The van der Waals surface area contributed by atoms with Crippen molar-refractivity contribution in [1.82, 2.24) is 9.78 Å². The molecule has 0 spiro atoms. The van der Waals surface area contributed by atoms with Crippen LogP contribution in [0.15, 0.2) is 12.3 Å². The molecule has 2 atom stereocenters. The highest BCUT2D eigenvalue weighted by Crippen LogP contribution is 2.27. The van der Waals surface area contributed by atoms with Gasteiger partial charge in [-0.2, -0.15) is 5.10 Å². The molecule has 2 saturated carbocycles. The lowest BCUT2D eigenvalue weighted by atomic mass is 9.96. The van der Waals surface area contributed by atoms with Crippen LogP contribution in [0.3, 0.4) is 0 Å². The molecule has 0 saturated heterocycles. The van der Waals surface area contributed by atoms with Gasteiger partial charge >= 0.3 is 0 Å². The average molecular weight is 263 g/mol. The smallest absolute Gasteiger partial charge is 0.0911 e. The summed E-state index contributed by atoms with van der Waals surface area (Å²) in [6.45, 7) is 0.609. The highest BCUT2D eigenvalue weighted by atomic mass is 16.5. The topological polar surface area (TPSA) is 53.1 Å². The minimum atomic E-state index is 0.223. The fraction of sp³-hybridized carbons (Fsp3) is 0.800. The SMILES string of the molecule is NC1CCCC1OCc1ccn(C2CCCCC2)n1. The van der Waals surface area contributed by atoms with Gasteiger partial charge in [-0.15, -0.1) is 0 Å². The fourth-order valence-electron chi connectivity index (χ4n) is 3.36. The van der Waals surface area contributed by atoms with Crippen molar-refractivity contribution in [3.05, 3.63) is 18.0 Å². The van der Waals surface area contributed by atoms with Gasteiger partial charge in [0.05, 0.1) is 24.4 Å². The third-order valence-corrected chi connectivity index (χ3v) is 4.56. The van der Waals surface area contributed by atoms with Crippen molar-refractivity contribution in [1.29, 1.82) is 0 Å². The second-order valence-electron chi connectivity index (χ2n) is 6.02.